The lowest BCUT2D eigenvalue weighted by Crippen LogP contribution is -2.07. The Morgan fingerprint density at radius 1 is 1.48 bits per heavy atom. The van der Waals surface area contributed by atoms with Crippen LogP contribution in [-0.2, 0) is 0 Å². The number of rotatable bonds is 1. The Bertz CT molecular complexity index is 872. The average molecular weight is 299 g/mol. The highest BCUT2D eigenvalue weighted by Crippen LogP contribution is 2.34. The number of imidazole rings is 1. The summed E-state index contributed by atoms with van der Waals surface area (Å²) in [6, 6.07) is 5.95. The van der Waals surface area contributed by atoms with E-state index in [-0.39, 0.29) is 16.6 Å². The molecule has 106 valence electrons. The van der Waals surface area contributed by atoms with Gasteiger partial charge in [0, 0.05) is 24.3 Å². The molecule has 0 saturated carbocycles. The van der Waals surface area contributed by atoms with Gasteiger partial charge in [-0.2, -0.15) is 0 Å². The van der Waals surface area contributed by atoms with Gasteiger partial charge in [-0.25, -0.2) is 0 Å². The Kier molecular flexibility index (Phi) is 3.10. The number of allylic oxidation sites excluding steroid dienone is 1. The molecule has 5 nitrogen and oxygen atoms in total. The molecule has 21 heavy (non-hydrogen) atoms. The fourth-order valence-electron chi connectivity index (χ4n) is 2.35. The van der Waals surface area contributed by atoms with Gasteiger partial charge in [0.25, 0.3) is 0 Å². The third-order valence-electron chi connectivity index (χ3n) is 3.32. The molecule has 1 aliphatic heterocycles. The second-order valence-electron chi connectivity index (χ2n) is 4.90. The van der Waals surface area contributed by atoms with Crippen molar-refractivity contribution in [1.29, 1.82) is 0 Å². The molecular weight excluding hydrogens is 286 g/mol. The standard InChI is InChI=1S/C15H13N3O2S/c1-8-3-4-12-11(5-8)10(7-16-12)6-13-14(20)17-15(21)18(13)9(2)19/h3-7,20H,1-2H3,(H,17,21)/b10-6+. The maximum atomic E-state index is 11.7. The number of carbonyl (C=O) groups is 1. The van der Waals surface area contributed by atoms with Gasteiger partial charge in [-0.15, -0.1) is 0 Å². The lowest BCUT2D eigenvalue weighted by atomic mass is 10.0. The number of benzene rings is 1. The van der Waals surface area contributed by atoms with Crippen LogP contribution in [0.25, 0.3) is 11.6 Å². The van der Waals surface area contributed by atoms with E-state index in [1.807, 2.05) is 25.1 Å². The highest BCUT2D eigenvalue weighted by atomic mass is 32.1. The van der Waals surface area contributed by atoms with Gasteiger partial charge in [0.1, 0.15) is 5.69 Å². The van der Waals surface area contributed by atoms with E-state index in [4.69, 9.17) is 12.2 Å². The molecule has 3 rings (SSSR count). The van der Waals surface area contributed by atoms with Crippen molar-refractivity contribution in [3.63, 3.8) is 0 Å². The van der Waals surface area contributed by atoms with E-state index < -0.39 is 0 Å². The summed E-state index contributed by atoms with van der Waals surface area (Å²) in [6.07, 6.45) is 3.42. The third kappa shape index (κ3) is 2.23. The molecule has 0 spiro atoms. The molecule has 0 saturated heterocycles. The molecule has 0 atom stereocenters. The fourth-order valence-corrected chi connectivity index (χ4v) is 2.67. The van der Waals surface area contributed by atoms with Gasteiger partial charge >= 0.3 is 0 Å². The molecule has 2 N–H and O–H groups in total. The summed E-state index contributed by atoms with van der Waals surface area (Å²) in [7, 11) is 0. The molecule has 0 radical (unpaired) electrons. The minimum Gasteiger partial charge on any atom is -0.493 e. The number of nitrogens with one attached hydrogen (secondary N) is 1. The van der Waals surface area contributed by atoms with Crippen molar-refractivity contribution < 1.29 is 9.90 Å². The third-order valence-corrected chi connectivity index (χ3v) is 3.61. The number of aromatic nitrogens is 2. The SMILES string of the molecule is CC(=O)n1c(/C=C2\C=Nc3ccc(C)cc32)c(O)[nH]c1=S. The summed E-state index contributed by atoms with van der Waals surface area (Å²) >= 11 is 5.04. The first-order valence-corrected chi connectivity index (χ1v) is 6.80. The van der Waals surface area contributed by atoms with E-state index >= 15 is 0 Å². The smallest absolute Gasteiger partial charge is 0.230 e. The van der Waals surface area contributed by atoms with E-state index in [0.29, 0.717) is 5.69 Å². The van der Waals surface area contributed by atoms with Crippen LogP contribution in [0, 0.1) is 11.7 Å². The molecule has 0 amide bonds. The first-order valence-electron chi connectivity index (χ1n) is 6.39. The number of aromatic amines is 1. The average Bonchev–Trinajstić information content (AvgIpc) is 2.92. The molecule has 1 aromatic carbocycles. The minimum atomic E-state index is -0.261. The maximum absolute atomic E-state index is 11.7. The molecule has 0 aliphatic carbocycles. The Morgan fingerprint density at radius 3 is 2.95 bits per heavy atom. The monoisotopic (exact) mass is 299 g/mol. The maximum Gasteiger partial charge on any atom is 0.230 e. The molecule has 2 aromatic rings. The van der Waals surface area contributed by atoms with Gasteiger partial charge in [0.15, 0.2) is 4.77 Å². The number of aryl methyl sites for hydroxylation is 1. The zero-order valence-corrected chi connectivity index (χ0v) is 12.4. The number of hydrogen-bond donors (Lipinski definition) is 2. The molecule has 0 unspecified atom stereocenters. The predicted molar refractivity (Wildman–Crippen MR) is 84.8 cm³/mol. The van der Waals surface area contributed by atoms with E-state index in [2.05, 4.69) is 9.98 Å². The molecule has 2 heterocycles. The number of aromatic hydroxyl groups is 1. The summed E-state index contributed by atoms with van der Waals surface area (Å²) in [4.78, 5) is 18.6. The fraction of sp³-hybridized carbons (Fsp3) is 0.133. The zero-order valence-electron chi connectivity index (χ0n) is 11.5. The van der Waals surface area contributed by atoms with Crippen LogP contribution in [0.3, 0.4) is 0 Å². The van der Waals surface area contributed by atoms with E-state index in [1.54, 1.807) is 12.3 Å². The van der Waals surface area contributed by atoms with Gasteiger partial charge in [-0.1, -0.05) is 11.6 Å². The van der Waals surface area contributed by atoms with Crippen LogP contribution in [0.4, 0.5) is 5.69 Å². The molecule has 0 fully saturated rings. The summed E-state index contributed by atoms with van der Waals surface area (Å²) in [5, 5.41) is 9.94. The Morgan fingerprint density at radius 2 is 2.24 bits per heavy atom. The van der Waals surface area contributed by atoms with Gasteiger partial charge < -0.3 is 10.1 Å². The van der Waals surface area contributed by atoms with Crippen molar-refractivity contribution >= 4 is 41.7 Å². The van der Waals surface area contributed by atoms with Crippen LogP contribution in [0.5, 0.6) is 5.88 Å². The van der Waals surface area contributed by atoms with Crippen molar-refractivity contribution in [3.05, 3.63) is 39.8 Å². The number of nitrogens with zero attached hydrogens (tertiary/aromatic N) is 2. The molecule has 6 heteroatoms. The van der Waals surface area contributed by atoms with Gasteiger partial charge in [0.05, 0.1) is 5.69 Å². The first kappa shape index (κ1) is 13.5. The van der Waals surface area contributed by atoms with Crippen molar-refractivity contribution in [3.8, 4) is 5.88 Å². The summed E-state index contributed by atoms with van der Waals surface area (Å²) in [6.45, 7) is 3.40. The first-order chi connectivity index (χ1) is 9.97. The van der Waals surface area contributed by atoms with Crippen molar-refractivity contribution in [2.45, 2.75) is 13.8 Å². The highest BCUT2D eigenvalue weighted by molar-refractivity contribution is 7.71. The lowest BCUT2D eigenvalue weighted by molar-refractivity contribution is 0.0934. The van der Waals surface area contributed by atoms with E-state index in [9.17, 15) is 9.90 Å². The Labute approximate surface area is 126 Å². The number of fused-ring (bicyclic) bond motifs is 1. The second kappa shape index (κ2) is 4.82. The van der Waals surface area contributed by atoms with Crippen molar-refractivity contribution in [1.82, 2.24) is 9.55 Å². The number of aliphatic imine (C=N–C) groups is 1. The number of hydrogen-bond acceptors (Lipinski definition) is 4. The van der Waals surface area contributed by atoms with E-state index in [1.165, 1.54) is 11.5 Å². The lowest BCUT2D eigenvalue weighted by Gasteiger charge is -2.03. The highest BCUT2D eigenvalue weighted by Gasteiger charge is 2.17. The zero-order chi connectivity index (χ0) is 15.1. The quantitative estimate of drug-likeness (QED) is 0.792. The Hall–Kier alpha value is -2.47. The molecule has 0 bridgehead atoms. The van der Waals surface area contributed by atoms with Crippen LogP contribution >= 0.6 is 12.2 Å². The van der Waals surface area contributed by atoms with Gasteiger partial charge in [-0.3, -0.25) is 14.4 Å². The second-order valence-corrected chi connectivity index (χ2v) is 5.28. The Balaban J connectivity index is 2.19. The van der Waals surface area contributed by atoms with Crippen LogP contribution in [-0.4, -0.2) is 26.8 Å². The van der Waals surface area contributed by atoms with Crippen LogP contribution < -0.4 is 0 Å². The van der Waals surface area contributed by atoms with Gasteiger partial charge in [-0.05, 0) is 37.4 Å². The predicted octanol–water partition coefficient (Wildman–Crippen LogP) is 3.48. The molecule has 1 aromatic heterocycles. The summed E-state index contributed by atoms with van der Waals surface area (Å²) in [5.41, 5.74) is 4.12. The largest absolute Gasteiger partial charge is 0.493 e. The molecular formula is C15H13N3O2S. The van der Waals surface area contributed by atoms with E-state index in [0.717, 1.165) is 22.4 Å². The van der Waals surface area contributed by atoms with Crippen LogP contribution in [0.1, 0.15) is 28.5 Å². The minimum absolute atomic E-state index is 0.128. The molecule has 1 aliphatic rings. The summed E-state index contributed by atoms with van der Waals surface area (Å²) < 4.78 is 1.44. The normalized spacial score (nSPS) is 14.7. The van der Waals surface area contributed by atoms with Crippen LogP contribution in [0.15, 0.2) is 23.2 Å². The number of carbonyl (C=O) groups excluding carboxylic acids is 1. The van der Waals surface area contributed by atoms with Crippen LogP contribution in [0.2, 0.25) is 0 Å². The summed E-state index contributed by atoms with van der Waals surface area (Å²) in [5.74, 6) is -0.389. The van der Waals surface area contributed by atoms with Crippen molar-refractivity contribution in [2.24, 2.45) is 4.99 Å². The van der Waals surface area contributed by atoms with Crippen molar-refractivity contribution in [2.75, 3.05) is 0 Å². The van der Waals surface area contributed by atoms with Gasteiger partial charge in [0.2, 0.25) is 11.8 Å². The number of H-pyrrole nitrogens is 1. The topological polar surface area (TPSA) is 70.4 Å².